The zero-order valence-corrected chi connectivity index (χ0v) is 14.0. The molecule has 0 fully saturated rings. The van der Waals surface area contributed by atoms with E-state index in [9.17, 15) is 22.6 Å². The number of carbonyl (C=O) groups is 2. The van der Waals surface area contributed by atoms with Gasteiger partial charge in [0.1, 0.15) is 5.76 Å². The van der Waals surface area contributed by atoms with Crippen LogP contribution in [0.2, 0.25) is 0 Å². The smallest absolute Gasteiger partial charge is 0.742 e. The maximum atomic E-state index is 12.0. The van der Waals surface area contributed by atoms with E-state index in [-0.39, 0.29) is 52.0 Å². The molecule has 21 heavy (non-hydrogen) atoms. The minimum atomic E-state index is -4.85. The molecule has 1 aromatic heterocycles. The first-order valence-electron chi connectivity index (χ1n) is 5.60. The quantitative estimate of drug-likeness (QED) is 0.362. The molecule has 0 atom stereocenters. The van der Waals surface area contributed by atoms with Crippen molar-refractivity contribution in [2.75, 3.05) is 0 Å². The summed E-state index contributed by atoms with van der Waals surface area (Å²) >= 11 is 0. The predicted octanol–water partition coefficient (Wildman–Crippen LogP) is -1.46. The van der Waals surface area contributed by atoms with E-state index in [4.69, 9.17) is 4.42 Å². The number of furan rings is 1. The van der Waals surface area contributed by atoms with Crippen LogP contribution >= 0.6 is 0 Å². The van der Waals surface area contributed by atoms with Crippen molar-refractivity contribution in [3.05, 3.63) is 41.0 Å². The van der Waals surface area contributed by atoms with Gasteiger partial charge >= 0.3 is 29.6 Å². The molecule has 0 N–H and O–H groups in total. The molecule has 0 spiro atoms. The number of benzene rings is 1. The first kappa shape index (κ1) is 16.1. The molecule has 6 nitrogen and oxygen atoms in total. The van der Waals surface area contributed by atoms with Gasteiger partial charge in [0.25, 0.3) is 0 Å². The maximum Gasteiger partial charge on any atom is 1.00 e. The van der Waals surface area contributed by atoms with Crippen molar-refractivity contribution in [3.63, 3.8) is 0 Å². The monoisotopic (exact) mass is 314 g/mol. The third-order valence-electron chi connectivity index (χ3n) is 3.18. The summed E-state index contributed by atoms with van der Waals surface area (Å²) in [4.78, 5) is 24.0. The molecule has 1 heterocycles. The van der Waals surface area contributed by atoms with Gasteiger partial charge in [0.2, 0.25) is 16.7 Å². The summed E-state index contributed by atoms with van der Waals surface area (Å²) in [6, 6.07) is 6.18. The Morgan fingerprint density at radius 3 is 2.19 bits per heavy atom. The maximum absolute atomic E-state index is 12.0. The van der Waals surface area contributed by atoms with Crippen molar-refractivity contribution in [1.29, 1.82) is 0 Å². The van der Waals surface area contributed by atoms with Crippen molar-refractivity contribution in [2.45, 2.75) is 12.0 Å². The van der Waals surface area contributed by atoms with Crippen molar-refractivity contribution < 1.29 is 56.5 Å². The summed E-state index contributed by atoms with van der Waals surface area (Å²) < 4.78 is 38.5. The van der Waals surface area contributed by atoms with E-state index in [1.165, 1.54) is 19.1 Å². The van der Waals surface area contributed by atoms with E-state index in [1.807, 2.05) is 0 Å². The van der Waals surface area contributed by atoms with Crippen molar-refractivity contribution >= 4 is 21.7 Å². The Labute approximate surface area is 142 Å². The third kappa shape index (κ3) is 2.31. The Bertz CT molecular complexity index is 878. The Balaban J connectivity index is 0.00000161. The van der Waals surface area contributed by atoms with E-state index in [2.05, 4.69) is 0 Å². The standard InChI is InChI=1S/C13H8O6S.Na/c1-6-9-11(15)10(14)7-4-2-3-5-8(7)12(9)19-13(6)20(16,17)18;/h2-5H,1H3,(H,16,17,18);/q;+1/p-1. The Morgan fingerprint density at radius 2 is 1.62 bits per heavy atom. The van der Waals surface area contributed by atoms with E-state index in [0.717, 1.165) is 0 Å². The van der Waals surface area contributed by atoms with Crippen LogP contribution in [0.3, 0.4) is 0 Å². The van der Waals surface area contributed by atoms with Crippen LogP contribution in [0.25, 0.3) is 11.3 Å². The fraction of sp³-hybridized carbons (Fsp3) is 0.0769. The van der Waals surface area contributed by atoms with E-state index < -0.39 is 26.8 Å². The van der Waals surface area contributed by atoms with Crippen LogP contribution in [0.1, 0.15) is 26.3 Å². The van der Waals surface area contributed by atoms with Gasteiger partial charge < -0.3 is 8.97 Å². The molecule has 1 aliphatic rings. The second kappa shape index (κ2) is 5.19. The Kier molecular flexibility index (Phi) is 3.98. The largest absolute Gasteiger partial charge is 1.00 e. The number of Topliss-reactive ketones (excluding diaryl/α,β-unsaturated/α-hetero) is 2. The number of rotatable bonds is 1. The Morgan fingerprint density at radius 1 is 1.05 bits per heavy atom. The van der Waals surface area contributed by atoms with Gasteiger partial charge in [-0.3, -0.25) is 9.59 Å². The van der Waals surface area contributed by atoms with Crippen LogP contribution in [-0.2, 0) is 10.1 Å². The SMILES string of the molecule is Cc1c(S(=O)(=O)[O-])oc2c1C(=O)C(=O)c1ccccc1-2.[Na+]. The fourth-order valence-corrected chi connectivity index (χ4v) is 2.97. The van der Waals surface area contributed by atoms with Gasteiger partial charge in [-0.1, -0.05) is 24.3 Å². The number of hydrogen-bond acceptors (Lipinski definition) is 6. The fourth-order valence-electron chi connectivity index (χ4n) is 2.31. The second-order valence-electron chi connectivity index (χ2n) is 4.38. The minimum absolute atomic E-state index is 0. The molecule has 1 aromatic carbocycles. The van der Waals surface area contributed by atoms with Gasteiger partial charge in [0.05, 0.1) is 5.56 Å². The van der Waals surface area contributed by atoms with Crippen molar-refractivity contribution in [1.82, 2.24) is 0 Å². The average molecular weight is 314 g/mol. The first-order chi connectivity index (χ1) is 9.32. The molecule has 1 aliphatic carbocycles. The van der Waals surface area contributed by atoms with Gasteiger partial charge in [-0.05, 0) is 6.92 Å². The van der Waals surface area contributed by atoms with Gasteiger partial charge in [0.15, 0.2) is 10.1 Å². The average Bonchev–Trinajstić information content (AvgIpc) is 2.74. The molecule has 0 aliphatic heterocycles. The zero-order valence-electron chi connectivity index (χ0n) is 11.2. The van der Waals surface area contributed by atoms with Gasteiger partial charge in [-0.25, -0.2) is 8.42 Å². The Hall–Kier alpha value is -1.25. The summed E-state index contributed by atoms with van der Waals surface area (Å²) in [7, 11) is -4.85. The summed E-state index contributed by atoms with van der Waals surface area (Å²) in [5.74, 6) is -1.65. The molecule has 0 saturated carbocycles. The van der Waals surface area contributed by atoms with Crippen molar-refractivity contribution in [2.24, 2.45) is 0 Å². The summed E-state index contributed by atoms with van der Waals surface area (Å²) in [5, 5.41) is -0.819. The van der Waals surface area contributed by atoms with Gasteiger partial charge in [-0.15, -0.1) is 0 Å². The van der Waals surface area contributed by atoms with Gasteiger partial charge in [-0.2, -0.15) is 0 Å². The van der Waals surface area contributed by atoms with E-state index in [0.29, 0.717) is 5.56 Å². The van der Waals surface area contributed by atoms with E-state index >= 15 is 0 Å². The molecule has 0 amide bonds. The van der Waals surface area contributed by atoms with Crippen LogP contribution in [0.5, 0.6) is 0 Å². The molecule has 0 saturated heterocycles. The zero-order chi connectivity index (χ0) is 14.7. The van der Waals surface area contributed by atoms with Crippen LogP contribution in [0, 0.1) is 6.92 Å². The minimum Gasteiger partial charge on any atom is -0.742 e. The third-order valence-corrected chi connectivity index (χ3v) is 4.02. The molecule has 0 radical (unpaired) electrons. The molecule has 3 rings (SSSR count). The number of fused-ring (bicyclic) bond motifs is 3. The molecule has 2 aromatic rings. The van der Waals surface area contributed by atoms with Crippen LogP contribution in [0.4, 0.5) is 0 Å². The molecule has 8 heteroatoms. The number of ketones is 2. The summed E-state index contributed by atoms with van der Waals surface area (Å²) in [5.41, 5.74) is 0.171. The van der Waals surface area contributed by atoms with Crippen LogP contribution < -0.4 is 29.6 Å². The molecule has 0 unspecified atom stereocenters. The van der Waals surface area contributed by atoms with Crippen LogP contribution in [-0.4, -0.2) is 24.5 Å². The van der Waals surface area contributed by atoms with Crippen LogP contribution in [0.15, 0.2) is 33.8 Å². The molecular formula is C13H7NaO6S. The molecular weight excluding hydrogens is 307 g/mol. The van der Waals surface area contributed by atoms with Gasteiger partial charge in [0, 0.05) is 16.7 Å². The normalized spacial score (nSPS) is 13.4. The first-order valence-corrected chi connectivity index (χ1v) is 7.01. The number of carbonyl (C=O) groups excluding carboxylic acids is 2. The van der Waals surface area contributed by atoms with E-state index in [1.54, 1.807) is 12.1 Å². The second-order valence-corrected chi connectivity index (χ2v) is 5.66. The molecule has 0 bridgehead atoms. The topological polar surface area (TPSA) is 104 Å². The molecule has 102 valence electrons. The summed E-state index contributed by atoms with van der Waals surface area (Å²) in [6.45, 7) is 1.27. The predicted molar refractivity (Wildman–Crippen MR) is 65.5 cm³/mol. The summed E-state index contributed by atoms with van der Waals surface area (Å²) in [6.07, 6.45) is 0. The number of hydrogen-bond donors (Lipinski definition) is 0. The van der Waals surface area contributed by atoms with Crippen molar-refractivity contribution in [3.8, 4) is 11.3 Å².